The molecule has 5 heteroatoms. The van der Waals surface area contributed by atoms with Crippen LogP contribution in [0.2, 0.25) is 5.02 Å². The third-order valence-corrected chi connectivity index (χ3v) is 3.56. The largest absolute Gasteiger partial charge is 0.495 e. The van der Waals surface area contributed by atoms with Crippen LogP contribution >= 0.6 is 11.6 Å². The third kappa shape index (κ3) is 3.55. The van der Waals surface area contributed by atoms with E-state index in [1.807, 2.05) is 36.4 Å². The van der Waals surface area contributed by atoms with Crippen LogP contribution in [0.1, 0.15) is 0 Å². The van der Waals surface area contributed by atoms with Crippen molar-refractivity contribution < 1.29 is 14.3 Å². The number of fused-ring (bicyclic) bond motifs is 1. The maximum Gasteiger partial charge on any atom is 0.417 e. The van der Waals surface area contributed by atoms with Crippen LogP contribution in [0, 0.1) is 0 Å². The van der Waals surface area contributed by atoms with Crippen LogP contribution in [0.4, 0.5) is 10.5 Å². The van der Waals surface area contributed by atoms with Crippen molar-refractivity contribution >= 4 is 34.2 Å². The molecule has 4 nitrogen and oxygen atoms in total. The Hall–Kier alpha value is -2.72. The monoisotopic (exact) mass is 327 g/mol. The summed E-state index contributed by atoms with van der Waals surface area (Å²) in [6, 6.07) is 18.3. The first-order valence-corrected chi connectivity index (χ1v) is 7.35. The van der Waals surface area contributed by atoms with Crippen LogP contribution in [0.15, 0.2) is 60.7 Å². The molecule has 0 radical (unpaired) electrons. The molecule has 0 aromatic heterocycles. The highest BCUT2D eigenvalue weighted by atomic mass is 35.5. The fourth-order valence-electron chi connectivity index (χ4n) is 2.25. The second-order valence-corrected chi connectivity index (χ2v) is 5.30. The summed E-state index contributed by atoms with van der Waals surface area (Å²) in [6.45, 7) is 0. The van der Waals surface area contributed by atoms with E-state index in [1.54, 1.807) is 24.3 Å². The lowest BCUT2D eigenvalue weighted by Crippen LogP contribution is -2.17. The number of amides is 1. The van der Waals surface area contributed by atoms with Gasteiger partial charge in [-0.1, -0.05) is 41.9 Å². The number of hydrogen-bond donors (Lipinski definition) is 1. The van der Waals surface area contributed by atoms with Crippen LogP contribution in [0.5, 0.6) is 11.5 Å². The van der Waals surface area contributed by atoms with E-state index in [2.05, 4.69) is 5.32 Å². The Morgan fingerprint density at radius 2 is 1.78 bits per heavy atom. The van der Waals surface area contributed by atoms with Crippen molar-refractivity contribution in [3.05, 3.63) is 65.7 Å². The summed E-state index contributed by atoms with van der Waals surface area (Å²) in [7, 11) is 1.52. The van der Waals surface area contributed by atoms with Crippen LogP contribution in [0.25, 0.3) is 10.8 Å². The highest BCUT2D eigenvalue weighted by Gasteiger charge is 2.10. The lowest BCUT2D eigenvalue weighted by Gasteiger charge is -2.11. The van der Waals surface area contributed by atoms with Crippen molar-refractivity contribution in [2.75, 3.05) is 12.4 Å². The summed E-state index contributed by atoms with van der Waals surface area (Å²) in [5.41, 5.74) is 0.450. The Balaban J connectivity index is 1.77. The van der Waals surface area contributed by atoms with Crippen molar-refractivity contribution in [3.63, 3.8) is 0 Å². The van der Waals surface area contributed by atoms with E-state index in [-0.39, 0.29) is 0 Å². The number of carbonyl (C=O) groups excluding carboxylic acids is 1. The summed E-state index contributed by atoms with van der Waals surface area (Å²) >= 11 is 5.94. The number of anilines is 1. The quantitative estimate of drug-likeness (QED) is 0.727. The minimum Gasteiger partial charge on any atom is -0.495 e. The van der Waals surface area contributed by atoms with Gasteiger partial charge in [0.1, 0.15) is 11.5 Å². The maximum atomic E-state index is 12.1. The molecule has 0 atom stereocenters. The first kappa shape index (κ1) is 15.2. The number of carbonyl (C=O) groups is 1. The average molecular weight is 328 g/mol. The lowest BCUT2D eigenvalue weighted by molar-refractivity contribution is 0.215. The molecular formula is C18H14ClNO3. The van der Waals surface area contributed by atoms with E-state index in [4.69, 9.17) is 21.1 Å². The molecule has 0 aliphatic heterocycles. The zero-order chi connectivity index (χ0) is 16.2. The number of hydrogen-bond acceptors (Lipinski definition) is 3. The zero-order valence-corrected chi connectivity index (χ0v) is 13.1. The van der Waals surface area contributed by atoms with Crippen LogP contribution in [0.3, 0.4) is 0 Å². The van der Waals surface area contributed by atoms with Gasteiger partial charge >= 0.3 is 6.09 Å². The predicted molar refractivity (Wildman–Crippen MR) is 91.6 cm³/mol. The van der Waals surface area contributed by atoms with E-state index in [9.17, 15) is 4.79 Å². The van der Waals surface area contributed by atoms with Gasteiger partial charge in [0.05, 0.1) is 12.8 Å². The molecule has 23 heavy (non-hydrogen) atoms. The molecule has 0 spiro atoms. The lowest BCUT2D eigenvalue weighted by atomic mass is 10.1. The van der Waals surface area contributed by atoms with Crippen LogP contribution < -0.4 is 14.8 Å². The van der Waals surface area contributed by atoms with E-state index in [1.165, 1.54) is 7.11 Å². The van der Waals surface area contributed by atoms with Crippen molar-refractivity contribution in [2.45, 2.75) is 0 Å². The van der Waals surface area contributed by atoms with Gasteiger partial charge in [0.15, 0.2) is 0 Å². The second-order valence-electron chi connectivity index (χ2n) is 4.87. The molecule has 0 unspecified atom stereocenters. The molecule has 0 aliphatic rings. The van der Waals surface area contributed by atoms with Gasteiger partial charge in [-0.25, -0.2) is 4.79 Å². The maximum absolute atomic E-state index is 12.1. The molecule has 1 amide bonds. The Bertz CT molecular complexity index is 864. The van der Waals surface area contributed by atoms with Gasteiger partial charge in [0, 0.05) is 5.02 Å². The Morgan fingerprint density at radius 3 is 2.57 bits per heavy atom. The molecule has 0 aliphatic carbocycles. The Labute approximate surface area is 138 Å². The highest BCUT2D eigenvalue weighted by molar-refractivity contribution is 6.31. The van der Waals surface area contributed by atoms with E-state index in [0.717, 1.165) is 10.8 Å². The number of halogens is 1. The predicted octanol–water partition coefficient (Wildman–Crippen LogP) is 5.11. The zero-order valence-electron chi connectivity index (χ0n) is 12.4. The van der Waals surface area contributed by atoms with Gasteiger partial charge in [-0.05, 0) is 41.1 Å². The smallest absolute Gasteiger partial charge is 0.417 e. The molecule has 0 fully saturated rings. The molecule has 0 saturated carbocycles. The van der Waals surface area contributed by atoms with Gasteiger partial charge in [0.25, 0.3) is 0 Å². The van der Waals surface area contributed by atoms with Crippen LogP contribution in [-0.2, 0) is 0 Å². The minimum atomic E-state index is -0.610. The first-order chi connectivity index (χ1) is 11.2. The number of ether oxygens (including phenoxy) is 2. The average Bonchev–Trinajstić information content (AvgIpc) is 2.55. The Kier molecular flexibility index (Phi) is 4.35. The summed E-state index contributed by atoms with van der Waals surface area (Å²) in [6.07, 6.45) is -0.610. The molecule has 0 saturated heterocycles. The van der Waals surface area contributed by atoms with Gasteiger partial charge in [0.2, 0.25) is 0 Å². The summed E-state index contributed by atoms with van der Waals surface area (Å²) in [4.78, 5) is 12.1. The normalized spacial score (nSPS) is 10.3. The summed E-state index contributed by atoms with van der Waals surface area (Å²) in [5, 5.41) is 5.20. The molecule has 0 bridgehead atoms. The van der Waals surface area contributed by atoms with Crippen molar-refractivity contribution in [1.82, 2.24) is 0 Å². The highest BCUT2D eigenvalue weighted by Crippen LogP contribution is 2.28. The molecule has 3 aromatic carbocycles. The van der Waals surface area contributed by atoms with Gasteiger partial charge in [-0.2, -0.15) is 0 Å². The van der Waals surface area contributed by atoms with Crippen molar-refractivity contribution in [1.29, 1.82) is 0 Å². The van der Waals surface area contributed by atoms with Crippen LogP contribution in [-0.4, -0.2) is 13.2 Å². The molecule has 3 aromatic rings. The van der Waals surface area contributed by atoms with Gasteiger partial charge < -0.3 is 9.47 Å². The first-order valence-electron chi connectivity index (χ1n) is 6.97. The molecule has 3 rings (SSSR count). The van der Waals surface area contributed by atoms with Crippen molar-refractivity contribution in [2.24, 2.45) is 0 Å². The number of nitrogens with one attached hydrogen (secondary N) is 1. The third-order valence-electron chi connectivity index (χ3n) is 3.33. The van der Waals surface area contributed by atoms with Gasteiger partial charge in [-0.3, -0.25) is 5.32 Å². The van der Waals surface area contributed by atoms with E-state index >= 15 is 0 Å². The molecule has 1 N–H and O–H groups in total. The molecule has 0 heterocycles. The van der Waals surface area contributed by atoms with Gasteiger partial charge in [-0.15, -0.1) is 0 Å². The Morgan fingerprint density at radius 1 is 1.00 bits per heavy atom. The van der Waals surface area contributed by atoms with E-state index < -0.39 is 6.09 Å². The van der Waals surface area contributed by atoms with Crippen molar-refractivity contribution in [3.8, 4) is 11.5 Å². The number of rotatable bonds is 3. The SMILES string of the molecule is COc1ccc(Cl)cc1NC(=O)Oc1ccc2ccccc2c1. The van der Waals surface area contributed by atoms with E-state index in [0.29, 0.717) is 22.2 Å². The number of methoxy groups -OCH3 is 1. The minimum absolute atomic E-state index is 0.450. The molecular weight excluding hydrogens is 314 g/mol. The fraction of sp³-hybridized carbons (Fsp3) is 0.0556. The summed E-state index contributed by atoms with van der Waals surface area (Å²) in [5.74, 6) is 0.965. The summed E-state index contributed by atoms with van der Waals surface area (Å²) < 4.78 is 10.5. The number of benzene rings is 3. The molecule has 116 valence electrons. The standard InChI is InChI=1S/C18H14ClNO3/c1-22-17-9-7-14(19)11-16(17)20-18(21)23-15-8-6-12-4-2-3-5-13(12)10-15/h2-11H,1H3,(H,20,21). The topological polar surface area (TPSA) is 47.6 Å². The fourth-order valence-corrected chi connectivity index (χ4v) is 2.42. The second kappa shape index (κ2) is 6.58.